The molecular formula is C25H33N3O6. The molecule has 1 amide bonds. The van der Waals surface area contributed by atoms with Crippen LogP contribution in [0.4, 0.5) is 5.69 Å². The van der Waals surface area contributed by atoms with Gasteiger partial charge in [-0.15, -0.1) is 0 Å². The van der Waals surface area contributed by atoms with Crippen LogP contribution in [-0.2, 0) is 10.2 Å². The van der Waals surface area contributed by atoms with E-state index in [0.29, 0.717) is 17.1 Å². The first-order chi connectivity index (χ1) is 15.9. The van der Waals surface area contributed by atoms with E-state index in [-0.39, 0.29) is 28.9 Å². The molecule has 0 saturated carbocycles. The number of carbonyl (C=O) groups is 1. The number of hydrogen-bond acceptors (Lipinski definition) is 7. The summed E-state index contributed by atoms with van der Waals surface area (Å²) in [6.45, 7) is 10.9. The van der Waals surface area contributed by atoms with Crippen molar-refractivity contribution in [1.82, 2.24) is 5.43 Å². The molecule has 184 valence electrons. The fourth-order valence-corrected chi connectivity index (χ4v) is 3.93. The highest BCUT2D eigenvalue weighted by Crippen LogP contribution is 2.37. The molecule has 0 aliphatic carbocycles. The highest BCUT2D eigenvalue weighted by atomic mass is 16.6. The first kappa shape index (κ1) is 26.6. The molecule has 2 aromatic rings. The summed E-state index contributed by atoms with van der Waals surface area (Å²) in [5, 5.41) is 15.1. The van der Waals surface area contributed by atoms with Gasteiger partial charge in [0.1, 0.15) is 11.5 Å². The van der Waals surface area contributed by atoms with E-state index in [9.17, 15) is 14.9 Å². The first-order valence-corrected chi connectivity index (χ1v) is 10.8. The van der Waals surface area contributed by atoms with Crippen LogP contribution >= 0.6 is 0 Å². The number of nitrogens with zero attached hydrogens (tertiary/aromatic N) is 2. The molecule has 9 heteroatoms. The highest BCUT2D eigenvalue weighted by Gasteiger charge is 2.27. The molecule has 0 unspecified atom stereocenters. The maximum atomic E-state index is 12.1. The largest absolute Gasteiger partial charge is 0.496 e. The van der Waals surface area contributed by atoms with E-state index in [2.05, 4.69) is 45.1 Å². The number of rotatable bonds is 10. The second-order valence-corrected chi connectivity index (χ2v) is 9.75. The molecule has 1 N–H and O–H groups in total. The average molecular weight is 472 g/mol. The van der Waals surface area contributed by atoms with Gasteiger partial charge >= 0.3 is 5.69 Å². The number of amides is 1. The SMILES string of the molecule is COc1cc(OC)c([N+](=O)[O-])cc1/C=N/NC(=O)COc1ccc(C(C)(C)CC(C)(C)C)cc1. The molecule has 0 heterocycles. The van der Waals surface area contributed by atoms with E-state index in [1.807, 2.05) is 24.3 Å². The summed E-state index contributed by atoms with van der Waals surface area (Å²) < 4.78 is 15.8. The van der Waals surface area contributed by atoms with Crippen LogP contribution in [0.2, 0.25) is 0 Å². The van der Waals surface area contributed by atoms with Crippen molar-refractivity contribution < 1.29 is 23.9 Å². The lowest BCUT2D eigenvalue weighted by Gasteiger charge is -2.33. The van der Waals surface area contributed by atoms with Gasteiger partial charge < -0.3 is 14.2 Å². The van der Waals surface area contributed by atoms with Gasteiger partial charge in [0.25, 0.3) is 5.91 Å². The molecule has 0 fully saturated rings. The average Bonchev–Trinajstić information content (AvgIpc) is 2.75. The normalized spacial score (nSPS) is 11.9. The predicted octanol–water partition coefficient (Wildman–Crippen LogP) is 4.85. The Balaban J connectivity index is 1.97. The number of nitrogens with one attached hydrogen (secondary N) is 1. The molecule has 0 spiro atoms. The van der Waals surface area contributed by atoms with Crippen LogP contribution in [0.15, 0.2) is 41.5 Å². The second-order valence-electron chi connectivity index (χ2n) is 9.75. The molecule has 0 atom stereocenters. The quantitative estimate of drug-likeness (QED) is 0.301. The number of ether oxygens (including phenoxy) is 3. The Morgan fingerprint density at radius 3 is 2.21 bits per heavy atom. The van der Waals surface area contributed by atoms with Gasteiger partial charge in [0.15, 0.2) is 6.61 Å². The number of hydrogen-bond donors (Lipinski definition) is 1. The van der Waals surface area contributed by atoms with Gasteiger partial charge in [-0.2, -0.15) is 5.10 Å². The van der Waals surface area contributed by atoms with Crippen LogP contribution in [0.3, 0.4) is 0 Å². The monoisotopic (exact) mass is 471 g/mol. The van der Waals surface area contributed by atoms with Crippen molar-refractivity contribution in [2.24, 2.45) is 10.5 Å². The second kappa shape index (κ2) is 11.0. The summed E-state index contributed by atoms with van der Waals surface area (Å²) in [5.74, 6) is 0.465. The van der Waals surface area contributed by atoms with Crippen molar-refractivity contribution in [3.8, 4) is 17.2 Å². The third-order valence-corrected chi connectivity index (χ3v) is 5.10. The number of benzene rings is 2. The zero-order valence-corrected chi connectivity index (χ0v) is 20.8. The maximum absolute atomic E-state index is 12.1. The summed E-state index contributed by atoms with van der Waals surface area (Å²) >= 11 is 0. The number of nitro benzene ring substituents is 1. The van der Waals surface area contributed by atoms with Crippen LogP contribution in [0.25, 0.3) is 0 Å². The fourth-order valence-electron chi connectivity index (χ4n) is 3.93. The molecule has 0 radical (unpaired) electrons. The first-order valence-electron chi connectivity index (χ1n) is 10.8. The third kappa shape index (κ3) is 7.47. The molecule has 2 aromatic carbocycles. The lowest BCUT2D eigenvalue weighted by molar-refractivity contribution is -0.385. The Hall–Kier alpha value is -3.62. The zero-order chi connectivity index (χ0) is 25.5. The van der Waals surface area contributed by atoms with Crippen molar-refractivity contribution >= 4 is 17.8 Å². The van der Waals surface area contributed by atoms with Crippen molar-refractivity contribution in [1.29, 1.82) is 0 Å². The topological polar surface area (TPSA) is 112 Å². The molecule has 0 saturated heterocycles. The summed E-state index contributed by atoms with van der Waals surface area (Å²) in [6.07, 6.45) is 2.29. The minimum absolute atomic E-state index is 0.0143. The molecule has 9 nitrogen and oxygen atoms in total. The molecule has 0 aromatic heterocycles. The summed E-state index contributed by atoms with van der Waals surface area (Å²) in [4.78, 5) is 22.8. The third-order valence-electron chi connectivity index (χ3n) is 5.10. The summed E-state index contributed by atoms with van der Waals surface area (Å²) in [6, 6.07) is 10.4. The van der Waals surface area contributed by atoms with Crippen LogP contribution in [0.1, 0.15) is 52.2 Å². The van der Waals surface area contributed by atoms with Crippen molar-refractivity contribution in [3.05, 3.63) is 57.6 Å². The van der Waals surface area contributed by atoms with Crippen LogP contribution in [-0.4, -0.2) is 37.9 Å². The van der Waals surface area contributed by atoms with Crippen LogP contribution in [0.5, 0.6) is 17.2 Å². The summed E-state index contributed by atoms with van der Waals surface area (Å²) in [7, 11) is 2.75. The van der Waals surface area contributed by atoms with E-state index in [4.69, 9.17) is 14.2 Å². The standard InChI is InChI=1S/C25H33N3O6/c1-24(2,3)16-25(4,5)18-8-10-19(11-9-18)34-15-23(29)27-26-14-17-12-20(28(30)31)22(33-7)13-21(17)32-6/h8-14H,15-16H2,1-7H3,(H,27,29)/b26-14+. The minimum Gasteiger partial charge on any atom is -0.496 e. The molecule has 0 aliphatic rings. The van der Waals surface area contributed by atoms with Gasteiger partial charge in [-0.05, 0) is 34.9 Å². The molecule has 34 heavy (non-hydrogen) atoms. The van der Waals surface area contributed by atoms with Gasteiger partial charge in [0, 0.05) is 17.7 Å². The fraction of sp³-hybridized carbons (Fsp3) is 0.440. The van der Waals surface area contributed by atoms with E-state index >= 15 is 0 Å². The zero-order valence-electron chi connectivity index (χ0n) is 20.8. The lowest BCUT2D eigenvalue weighted by atomic mass is 9.72. The molecule has 0 aliphatic heterocycles. The molecule has 2 rings (SSSR count). The van der Waals surface area contributed by atoms with Gasteiger partial charge in [-0.25, -0.2) is 5.43 Å². The Morgan fingerprint density at radius 2 is 1.68 bits per heavy atom. The molecule has 0 bridgehead atoms. The van der Waals surface area contributed by atoms with Crippen molar-refractivity contribution in [2.75, 3.05) is 20.8 Å². The lowest BCUT2D eigenvalue weighted by Crippen LogP contribution is -2.25. The van der Waals surface area contributed by atoms with Crippen molar-refractivity contribution in [3.63, 3.8) is 0 Å². The summed E-state index contributed by atoms with van der Waals surface area (Å²) in [5.41, 5.74) is 3.83. The highest BCUT2D eigenvalue weighted by molar-refractivity contribution is 5.87. The number of hydrazone groups is 1. The van der Waals surface area contributed by atoms with E-state index in [1.165, 1.54) is 38.1 Å². The molecular weight excluding hydrogens is 438 g/mol. The number of methoxy groups -OCH3 is 2. The smallest absolute Gasteiger partial charge is 0.311 e. The number of nitro groups is 1. The van der Waals surface area contributed by atoms with Crippen LogP contribution in [0, 0.1) is 15.5 Å². The van der Waals surface area contributed by atoms with Gasteiger partial charge in [-0.3, -0.25) is 14.9 Å². The van der Waals surface area contributed by atoms with Gasteiger partial charge in [0.05, 0.1) is 25.4 Å². The van der Waals surface area contributed by atoms with E-state index in [1.54, 1.807) is 0 Å². The van der Waals surface area contributed by atoms with Crippen molar-refractivity contribution in [2.45, 2.75) is 46.5 Å². The van der Waals surface area contributed by atoms with E-state index in [0.717, 1.165) is 6.42 Å². The predicted molar refractivity (Wildman–Crippen MR) is 131 cm³/mol. The Kier molecular flexibility index (Phi) is 8.62. The van der Waals surface area contributed by atoms with E-state index < -0.39 is 10.8 Å². The maximum Gasteiger partial charge on any atom is 0.311 e. The van der Waals surface area contributed by atoms with Crippen LogP contribution < -0.4 is 19.6 Å². The number of carbonyl (C=O) groups excluding carboxylic acids is 1. The minimum atomic E-state index is -0.572. The van der Waals surface area contributed by atoms with Gasteiger partial charge in [0.2, 0.25) is 5.75 Å². The Labute approximate surface area is 200 Å². The Bertz CT molecular complexity index is 1040. The Morgan fingerprint density at radius 1 is 1.06 bits per heavy atom. The van der Waals surface area contributed by atoms with Gasteiger partial charge in [-0.1, -0.05) is 46.8 Å².